The predicted octanol–water partition coefficient (Wildman–Crippen LogP) is 1.90. The molecular weight excluding hydrogens is 176 g/mol. The number of anilines is 1. The smallest absolute Gasteiger partial charge is 0.123 e. The molecule has 0 unspecified atom stereocenters. The summed E-state index contributed by atoms with van der Waals surface area (Å²) in [4.78, 5) is 4.18. The normalized spacial score (nSPS) is 15.8. The number of aryl methyl sites for hydroxylation is 1. The molecule has 2 N–H and O–H groups in total. The Balaban J connectivity index is 1.87. The van der Waals surface area contributed by atoms with Crippen LogP contribution in [0.15, 0.2) is 12.1 Å². The van der Waals surface area contributed by atoms with Crippen molar-refractivity contribution in [2.45, 2.75) is 26.4 Å². The molecule has 3 heteroatoms. The van der Waals surface area contributed by atoms with Gasteiger partial charge in [0.15, 0.2) is 0 Å². The first-order chi connectivity index (χ1) is 6.75. The van der Waals surface area contributed by atoms with Crippen LogP contribution in [0.3, 0.4) is 0 Å². The van der Waals surface area contributed by atoms with Gasteiger partial charge in [-0.1, -0.05) is 6.07 Å². The van der Waals surface area contributed by atoms with E-state index in [9.17, 15) is 0 Å². The fraction of sp³-hybridized carbons (Fsp3) is 0.545. The van der Waals surface area contributed by atoms with E-state index < -0.39 is 0 Å². The lowest BCUT2D eigenvalue weighted by Gasteiger charge is -2.06. The van der Waals surface area contributed by atoms with E-state index in [1.807, 2.05) is 19.1 Å². The van der Waals surface area contributed by atoms with Crippen molar-refractivity contribution in [1.82, 2.24) is 4.98 Å². The van der Waals surface area contributed by atoms with Gasteiger partial charge in [0, 0.05) is 12.3 Å². The third-order valence-electron chi connectivity index (χ3n) is 2.52. The number of ether oxygens (including phenoxy) is 1. The molecule has 0 bridgehead atoms. The number of nitrogens with zero attached hydrogens (tertiary/aromatic N) is 1. The standard InChI is InChI=1S/C11H16N2O/c1-8-10(4-5-11(12)13-8)7-14-6-9-2-3-9/h4-5,9H,2-3,6-7H2,1H3,(H2,12,13). The van der Waals surface area contributed by atoms with Crippen LogP contribution in [-0.4, -0.2) is 11.6 Å². The summed E-state index contributed by atoms with van der Waals surface area (Å²) in [6.45, 7) is 3.52. The number of nitrogens with two attached hydrogens (primary N) is 1. The van der Waals surface area contributed by atoms with Gasteiger partial charge in [-0.3, -0.25) is 0 Å². The van der Waals surface area contributed by atoms with Gasteiger partial charge in [0.2, 0.25) is 0 Å². The quantitative estimate of drug-likeness (QED) is 0.792. The lowest BCUT2D eigenvalue weighted by molar-refractivity contribution is 0.110. The zero-order chi connectivity index (χ0) is 9.97. The van der Waals surface area contributed by atoms with Gasteiger partial charge in [0.1, 0.15) is 5.82 Å². The Bertz CT molecular complexity index is 321. The summed E-state index contributed by atoms with van der Waals surface area (Å²) in [6.07, 6.45) is 2.66. The van der Waals surface area contributed by atoms with Gasteiger partial charge in [0.05, 0.1) is 6.61 Å². The highest BCUT2D eigenvalue weighted by molar-refractivity contribution is 5.33. The van der Waals surface area contributed by atoms with Crippen LogP contribution < -0.4 is 5.73 Å². The molecule has 76 valence electrons. The molecule has 0 spiro atoms. The molecule has 14 heavy (non-hydrogen) atoms. The molecule has 0 amide bonds. The third kappa shape index (κ3) is 2.45. The SMILES string of the molecule is Cc1nc(N)ccc1COCC1CC1. The highest BCUT2D eigenvalue weighted by Gasteiger charge is 2.21. The second kappa shape index (κ2) is 3.96. The van der Waals surface area contributed by atoms with E-state index in [-0.39, 0.29) is 0 Å². The summed E-state index contributed by atoms with van der Waals surface area (Å²) in [5, 5.41) is 0. The zero-order valence-corrected chi connectivity index (χ0v) is 8.49. The van der Waals surface area contributed by atoms with E-state index in [0.29, 0.717) is 12.4 Å². The Morgan fingerprint density at radius 2 is 2.29 bits per heavy atom. The Hall–Kier alpha value is -1.09. The Morgan fingerprint density at radius 3 is 2.93 bits per heavy atom. The molecule has 2 rings (SSSR count). The number of nitrogen functional groups attached to an aromatic ring is 1. The van der Waals surface area contributed by atoms with Crippen molar-refractivity contribution in [2.24, 2.45) is 5.92 Å². The van der Waals surface area contributed by atoms with Crippen molar-refractivity contribution in [3.05, 3.63) is 23.4 Å². The highest BCUT2D eigenvalue weighted by Crippen LogP contribution is 2.29. The zero-order valence-electron chi connectivity index (χ0n) is 8.49. The first kappa shape index (κ1) is 9.46. The summed E-state index contributed by atoms with van der Waals surface area (Å²) in [6, 6.07) is 3.81. The minimum atomic E-state index is 0.577. The fourth-order valence-corrected chi connectivity index (χ4v) is 1.38. The molecule has 0 aromatic carbocycles. The Labute approximate surface area is 84.3 Å². The number of aromatic nitrogens is 1. The first-order valence-electron chi connectivity index (χ1n) is 5.05. The van der Waals surface area contributed by atoms with Crippen LogP contribution in [0.5, 0.6) is 0 Å². The molecule has 0 atom stereocenters. The summed E-state index contributed by atoms with van der Waals surface area (Å²) in [7, 11) is 0. The minimum Gasteiger partial charge on any atom is -0.384 e. The molecule has 0 radical (unpaired) electrons. The van der Waals surface area contributed by atoms with Crippen molar-refractivity contribution in [3.8, 4) is 0 Å². The van der Waals surface area contributed by atoms with E-state index in [2.05, 4.69) is 4.98 Å². The number of hydrogen-bond donors (Lipinski definition) is 1. The van der Waals surface area contributed by atoms with Gasteiger partial charge < -0.3 is 10.5 Å². The first-order valence-corrected chi connectivity index (χ1v) is 5.05. The van der Waals surface area contributed by atoms with E-state index in [0.717, 1.165) is 23.8 Å². The molecule has 1 saturated carbocycles. The number of pyridine rings is 1. The van der Waals surface area contributed by atoms with Crippen LogP contribution >= 0.6 is 0 Å². The maximum absolute atomic E-state index is 5.58. The van der Waals surface area contributed by atoms with Crippen LogP contribution in [-0.2, 0) is 11.3 Å². The van der Waals surface area contributed by atoms with Crippen LogP contribution in [0.25, 0.3) is 0 Å². The molecule has 1 heterocycles. The van der Waals surface area contributed by atoms with Gasteiger partial charge >= 0.3 is 0 Å². The van der Waals surface area contributed by atoms with Gasteiger partial charge in [-0.05, 0) is 37.3 Å². The molecule has 0 saturated heterocycles. The van der Waals surface area contributed by atoms with Gasteiger partial charge in [0.25, 0.3) is 0 Å². The maximum Gasteiger partial charge on any atom is 0.123 e. The van der Waals surface area contributed by atoms with Crippen LogP contribution in [0, 0.1) is 12.8 Å². The molecule has 3 nitrogen and oxygen atoms in total. The van der Waals surface area contributed by atoms with Crippen molar-refractivity contribution in [2.75, 3.05) is 12.3 Å². The van der Waals surface area contributed by atoms with Gasteiger partial charge in [-0.2, -0.15) is 0 Å². The molecule has 1 aliphatic carbocycles. The monoisotopic (exact) mass is 192 g/mol. The number of rotatable bonds is 4. The van der Waals surface area contributed by atoms with Crippen LogP contribution in [0.2, 0.25) is 0 Å². The summed E-state index contributed by atoms with van der Waals surface area (Å²) in [5.41, 5.74) is 7.67. The largest absolute Gasteiger partial charge is 0.384 e. The Morgan fingerprint density at radius 1 is 1.50 bits per heavy atom. The average Bonchev–Trinajstić information content (AvgIpc) is 2.92. The highest BCUT2D eigenvalue weighted by atomic mass is 16.5. The van der Waals surface area contributed by atoms with Crippen molar-refractivity contribution in [1.29, 1.82) is 0 Å². The second-order valence-electron chi connectivity index (χ2n) is 3.94. The Kier molecular flexibility index (Phi) is 2.68. The molecule has 0 aliphatic heterocycles. The van der Waals surface area contributed by atoms with E-state index >= 15 is 0 Å². The summed E-state index contributed by atoms with van der Waals surface area (Å²) < 4.78 is 5.58. The third-order valence-corrected chi connectivity index (χ3v) is 2.52. The van der Waals surface area contributed by atoms with Gasteiger partial charge in [-0.25, -0.2) is 4.98 Å². The minimum absolute atomic E-state index is 0.577. The molecule has 1 aromatic rings. The van der Waals surface area contributed by atoms with E-state index in [1.165, 1.54) is 12.8 Å². The predicted molar refractivity (Wildman–Crippen MR) is 55.8 cm³/mol. The number of hydrogen-bond acceptors (Lipinski definition) is 3. The topological polar surface area (TPSA) is 48.1 Å². The van der Waals surface area contributed by atoms with Crippen LogP contribution in [0.4, 0.5) is 5.82 Å². The van der Waals surface area contributed by atoms with E-state index in [4.69, 9.17) is 10.5 Å². The lowest BCUT2D eigenvalue weighted by atomic mass is 10.2. The second-order valence-corrected chi connectivity index (χ2v) is 3.94. The fourth-order valence-electron chi connectivity index (χ4n) is 1.38. The maximum atomic E-state index is 5.58. The lowest BCUT2D eigenvalue weighted by Crippen LogP contribution is -2.01. The van der Waals surface area contributed by atoms with Crippen molar-refractivity contribution in [3.63, 3.8) is 0 Å². The molecule has 1 aromatic heterocycles. The molecule has 1 fully saturated rings. The average molecular weight is 192 g/mol. The summed E-state index contributed by atoms with van der Waals surface area (Å²) in [5.74, 6) is 1.39. The molecule has 1 aliphatic rings. The van der Waals surface area contributed by atoms with Crippen molar-refractivity contribution >= 4 is 5.82 Å². The summed E-state index contributed by atoms with van der Waals surface area (Å²) >= 11 is 0. The van der Waals surface area contributed by atoms with Gasteiger partial charge in [-0.15, -0.1) is 0 Å². The molecular formula is C11H16N2O. The van der Waals surface area contributed by atoms with Crippen LogP contribution in [0.1, 0.15) is 24.1 Å². The van der Waals surface area contributed by atoms with E-state index in [1.54, 1.807) is 0 Å². The van der Waals surface area contributed by atoms with Crippen molar-refractivity contribution < 1.29 is 4.74 Å².